The third kappa shape index (κ3) is 2.91. The van der Waals surface area contributed by atoms with Gasteiger partial charge < -0.3 is 20.1 Å². The Morgan fingerprint density at radius 1 is 1.03 bits per heavy atom. The van der Waals surface area contributed by atoms with E-state index >= 15 is 0 Å². The van der Waals surface area contributed by atoms with Gasteiger partial charge in [0.2, 0.25) is 0 Å². The number of carbonyl (C=O) groups excluding carboxylic acids is 1. The van der Waals surface area contributed by atoms with E-state index in [0.29, 0.717) is 11.3 Å². The SMILES string of the molecule is C[C@]12CCC3c4ccc(OC(=O)c5ccccc5)cc4CCC3C1[C@@H](O)[C@@H](O)[C@@H]2O. The molecular weight excluding hydrogens is 380 g/mol. The van der Waals surface area contributed by atoms with E-state index in [1.807, 2.05) is 37.3 Å². The van der Waals surface area contributed by atoms with Crippen molar-refractivity contribution in [1.82, 2.24) is 0 Å². The molecule has 3 N–H and O–H groups in total. The molecule has 3 aliphatic carbocycles. The Balaban J connectivity index is 1.39. The third-order valence-electron chi connectivity index (χ3n) is 7.93. The number of aryl methyl sites for hydroxylation is 1. The molecule has 3 unspecified atom stereocenters. The van der Waals surface area contributed by atoms with Gasteiger partial charge >= 0.3 is 5.97 Å². The van der Waals surface area contributed by atoms with Crippen LogP contribution in [0.5, 0.6) is 5.75 Å². The molecule has 5 rings (SSSR count). The second-order valence-electron chi connectivity index (χ2n) is 9.42. The number of benzene rings is 2. The van der Waals surface area contributed by atoms with Crippen molar-refractivity contribution < 1.29 is 24.9 Å². The van der Waals surface area contributed by atoms with Gasteiger partial charge in [-0.05, 0) is 78.8 Å². The van der Waals surface area contributed by atoms with Crippen LogP contribution in [0.1, 0.15) is 53.6 Å². The van der Waals surface area contributed by atoms with Crippen LogP contribution in [0, 0.1) is 17.3 Å². The molecule has 5 heteroatoms. The number of aliphatic hydroxyl groups is 3. The van der Waals surface area contributed by atoms with Crippen LogP contribution in [-0.4, -0.2) is 39.6 Å². The maximum atomic E-state index is 12.4. The highest BCUT2D eigenvalue weighted by Gasteiger charge is 2.62. The Morgan fingerprint density at radius 2 is 1.80 bits per heavy atom. The van der Waals surface area contributed by atoms with E-state index in [2.05, 4.69) is 6.07 Å². The zero-order valence-electron chi connectivity index (χ0n) is 17.1. The van der Waals surface area contributed by atoms with E-state index in [4.69, 9.17) is 4.74 Å². The van der Waals surface area contributed by atoms with Gasteiger partial charge in [-0.2, -0.15) is 0 Å². The first-order valence-corrected chi connectivity index (χ1v) is 10.8. The van der Waals surface area contributed by atoms with Gasteiger partial charge in [0.15, 0.2) is 0 Å². The summed E-state index contributed by atoms with van der Waals surface area (Å²) in [4.78, 5) is 12.4. The normalized spacial score (nSPS) is 37.1. The molecular formula is C25H28O5. The van der Waals surface area contributed by atoms with Crippen LogP contribution in [0.3, 0.4) is 0 Å². The minimum atomic E-state index is -1.07. The van der Waals surface area contributed by atoms with Gasteiger partial charge in [0, 0.05) is 5.41 Å². The van der Waals surface area contributed by atoms with E-state index in [9.17, 15) is 20.1 Å². The van der Waals surface area contributed by atoms with E-state index in [1.165, 1.54) is 11.1 Å². The molecule has 0 saturated heterocycles. The van der Waals surface area contributed by atoms with Crippen LogP contribution < -0.4 is 4.74 Å². The van der Waals surface area contributed by atoms with E-state index in [-0.39, 0.29) is 23.7 Å². The van der Waals surface area contributed by atoms with Crippen molar-refractivity contribution in [2.75, 3.05) is 0 Å². The summed E-state index contributed by atoms with van der Waals surface area (Å²) in [6, 6.07) is 14.8. The molecule has 3 aliphatic rings. The average Bonchev–Trinajstić information content (AvgIpc) is 2.94. The molecule has 0 radical (unpaired) electrons. The van der Waals surface area contributed by atoms with Crippen molar-refractivity contribution >= 4 is 5.97 Å². The number of carbonyl (C=O) groups is 1. The van der Waals surface area contributed by atoms with Gasteiger partial charge in [-0.15, -0.1) is 0 Å². The fourth-order valence-corrected chi connectivity index (χ4v) is 6.42. The molecule has 0 bridgehead atoms. The Kier molecular flexibility index (Phi) is 4.73. The monoisotopic (exact) mass is 408 g/mol. The summed E-state index contributed by atoms with van der Waals surface area (Å²) in [7, 11) is 0. The second-order valence-corrected chi connectivity index (χ2v) is 9.42. The van der Waals surface area contributed by atoms with Gasteiger partial charge in [0.25, 0.3) is 0 Å². The first kappa shape index (κ1) is 19.7. The molecule has 0 amide bonds. The van der Waals surface area contributed by atoms with Crippen molar-refractivity contribution in [2.24, 2.45) is 17.3 Å². The third-order valence-corrected chi connectivity index (χ3v) is 7.93. The maximum Gasteiger partial charge on any atom is 0.343 e. The van der Waals surface area contributed by atoms with E-state index in [1.54, 1.807) is 12.1 Å². The Bertz CT molecular complexity index is 957. The highest BCUT2D eigenvalue weighted by molar-refractivity contribution is 5.91. The van der Waals surface area contributed by atoms with Crippen LogP contribution in [-0.2, 0) is 6.42 Å². The second kappa shape index (κ2) is 7.19. The molecule has 5 nitrogen and oxygen atoms in total. The largest absolute Gasteiger partial charge is 0.423 e. The molecule has 0 heterocycles. The van der Waals surface area contributed by atoms with Crippen molar-refractivity contribution in [3.05, 3.63) is 65.2 Å². The first-order valence-electron chi connectivity index (χ1n) is 10.8. The molecule has 7 atom stereocenters. The highest BCUT2D eigenvalue weighted by atomic mass is 16.5. The van der Waals surface area contributed by atoms with E-state index in [0.717, 1.165) is 25.7 Å². The molecule has 2 saturated carbocycles. The summed E-state index contributed by atoms with van der Waals surface area (Å²) >= 11 is 0. The van der Waals surface area contributed by atoms with Gasteiger partial charge in [-0.25, -0.2) is 4.79 Å². The molecule has 2 aromatic rings. The standard InChI is InChI=1S/C25H28O5/c1-25-12-11-18-17-10-8-16(30-24(29)14-5-3-2-4-6-14)13-15(17)7-9-19(18)20(25)21(26)22(27)23(25)28/h2-6,8,10,13,18-23,26-28H,7,9,11-12H2,1H3/t18?,19?,20?,21-,22-,23+,25+/m1/s1. The van der Waals surface area contributed by atoms with Crippen molar-refractivity contribution in [2.45, 2.75) is 56.8 Å². The Morgan fingerprint density at radius 3 is 2.57 bits per heavy atom. The predicted octanol–water partition coefficient (Wildman–Crippen LogP) is 3.06. The Labute approximate surface area is 176 Å². The molecule has 2 fully saturated rings. The summed E-state index contributed by atoms with van der Waals surface area (Å²) in [5, 5.41) is 31.6. The number of ether oxygens (including phenoxy) is 1. The lowest BCUT2D eigenvalue weighted by molar-refractivity contribution is -0.0505. The highest BCUT2D eigenvalue weighted by Crippen LogP contribution is 2.61. The maximum absolute atomic E-state index is 12.4. The summed E-state index contributed by atoms with van der Waals surface area (Å²) in [6.07, 6.45) is 0.594. The van der Waals surface area contributed by atoms with Crippen LogP contribution in [0.15, 0.2) is 48.5 Å². The van der Waals surface area contributed by atoms with Crippen LogP contribution in [0.4, 0.5) is 0 Å². The summed E-state index contributed by atoms with van der Waals surface area (Å²) < 4.78 is 5.59. The van der Waals surface area contributed by atoms with Crippen molar-refractivity contribution in [1.29, 1.82) is 0 Å². The zero-order chi connectivity index (χ0) is 21.0. The molecule has 0 aliphatic heterocycles. The van der Waals surface area contributed by atoms with E-state index < -0.39 is 23.7 Å². The zero-order valence-corrected chi connectivity index (χ0v) is 17.1. The lowest BCUT2D eigenvalue weighted by Gasteiger charge is -2.50. The number of rotatable bonds is 2. The van der Waals surface area contributed by atoms with Gasteiger partial charge in [0.05, 0.1) is 17.8 Å². The Hall–Kier alpha value is -2.21. The van der Waals surface area contributed by atoms with Crippen LogP contribution >= 0.6 is 0 Å². The summed E-state index contributed by atoms with van der Waals surface area (Å²) in [5.41, 5.74) is 2.51. The number of hydrogen-bond donors (Lipinski definition) is 3. The lowest BCUT2D eigenvalue weighted by Crippen LogP contribution is -2.46. The fraction of sp³-hybridized carbons (Fsp3) is 0.480. The minimum Gasteiger partial charge on any atom is -0.423 e. The summed E-state index contributed by atoms with van der Waals surface area (Å²) in [6.45, 7) is 2.01. The van der Waals surface area contributed by atoms with Gasteiger partial charge in [0.1, 0.15) is 11.9 Å². The number of esters is 1. The molecule has 0 spiro atoms. The number of aliphatic hydroxyl groups excluding tert-OH is 3. The van der Waals surface area contributed by atoms with Gasteiger partial charge in [-0.1, -0.05) is 31.2 Å². The topological polar surface area (TPSA) is 87.0 Å². The predicted molar refractivity (Wildman–Crippen MR) is 111 cm³/mol. The van der Waals surface area contributed by atoms with Crippen molar-refractivity contribution in [3.8, 4) is 5.75 Å². The minimum absolute atomic E-state index is 0.106. The quantitative estimate of drug-likeness (QED) is 0.525. The molecule has 2 aromatic carbocycles. The molecule has 30 heavy (non-hydrogen) atoms. The lowest BCUT2D eigenvalue weighted by atomic mass is 9.55. The average molecular weight is 408 g/mol. The number of hydrogen-bond acceptors (Lipinski definition) is 5. The van der Waals surface area contributed by atoms with Crippen LogP contribution in [0.2, 0.25) is 0 Å². The smallest absolute Gasteiger partial charge is 0.343 e. The molecule has 158 valence electrons. The van der Waals surface area contributed by atoms with Crippen LogP contribution in [0.25, 0.3) is 0 Å². The van der Waals surface area contributed by atoms with Crippen molar-refractivity contribution in [3.63, 3.8) is 0 Å². The molecule has 0 aromatic heterocycles. The fourth-order valence-electron chi connectivity index (χ4n) is 6.42. The van der Waals surface area contributed by atoms with Gasteiger partial charge in [-0.3, -0.25) is 0 Å². The first-order chi connectivity index (χ1) is 14.4. The number of fused-ring (bicyclic) bond motifs is 5. The summed E-state index contributed by atoms with van der Waals surface area (Å²) in [5.74, 6) is 0.599.